The second kappa shape index (κ2) is 8.23. The number of carbonyl (C=O) groups excluding carboxylic acids is 1. The van der Waals surface area contributed by atoms with Gasteiger partial charge in [0.15, 0.2) is 5.75 Å². The maximum Gasteiger partial charge on any atom is 0.325 e. The lowest BCUT2D eigenvalue weighted by molar-refractivity contribution is -0.385. The summed E-state index contributed by atoms with van der Waals surface area (Å²) in [5.41, 5.74) is 11.5. The Morgan fingerprint density at radius 2 is 1.82 bits per heavy atom. The molecule has 0 radical (unpaired) electrons. The molecule has 2 rings (SSSR count). The van der Waals surface area contributed by atoms with Gasteiger partial charge in [-0.1, -0.05) is 0 Å². The average Bonchev–Trinajstić information content (AvgIpc) is 2.58. The molecule has 0 saturated heterocycles. The van der Waals surface area contributed by atoms with Crippen LogP contribution >= 0.6 is 0 Å². The molecule has 0 unspecified atom stereocenters. The minimum absolute atomic E-state index is 0.250. The smallest absolute Gasteiger partial charge is 0.325 e. The van der Waals surface area contributed by atoms with Crippen LogP contribution in [0.2, 0.25) is 0 Å². The van der Waals surface area contributed by atoms with Gasteiger partial charge in [0.25, 0.3) is 5.69 Å². The number of nitriles is 1. The van der Waals surface area contributed by atoms with Gasteiger partial charge in [0.05, 0.1) is 4.92 Å². The molecule has 0 spiro atoms. The number of nitrogens with two attached hydrogens (primary N) is 2. The maximum atomic E-state index is 12.0. The van der Waals surface area contributed by atoms with Gasteiger partial charge in [0.1, 0.15) is 24.0 Å². The Kier molecular flexibility index (Phi) is 6.01. The zero-order valence-electron chi connectivity index (χ0n) is 14.2. The molecule has 2 aromatic rings. The van der Waals surface area contributed by atoms with Gasteiger partial charge >= 0.3 is 16.1 Å². The van der Waals surface area contributed by atoms with Crippen molar-refractivity contribution in [3.8, 4) is 11.8 Å². The second-order valence-electron chi connectivity index (χ2n) is 5.50. The molecule has 4 N–H and O–H groups in total. The van der Waals surface area contributed by atoms with Crippen molar-refractivity contribution in [2.75, 3.05) is 17.2 Å². The fraction of sp³-hybridized carbons (Fsp3) is 0.125. The first-order chi connectivity index (χ1) is 13.1. The van der Waals surface area contributed by atoms with Gasteiger partial charge in [-0.2, -0.15) is 13.7 Å². The first kappa shape index (κ1) is 20.5. The van der Waals surface area contributed by atoms with Crippen molar-refractivity contribution in [2.24, 2.45) is 0 Å². The summed E-state index contributed by atoms with van der Waals surface area (Å²) < 4.78 is 33.5. The summed E-state index contributed by atoms with van der Waals surface area (Å²) in [6, 6.07) is 8.89. The fourth-order valence-electron chi connectivity index (χ4n) is 2.17. The van der Waals surface area contributed by atoms with Crippen LogP contribution in [0.3, 0.4) is 0 Å². The highest BCUT2D eigenvalue weighted by atomic mass is 32.2. The number of hydrogen-bond acceptors (Lipinski definition) is 10. The number of esters is 1. The molecule has 0 amide bonds. The first-order valence-corrected chi connectivity index (χ1v) is 9.08. The number of anilines is 2. The van der Waals surface area contributed by atoms with Crippen molar-refractivity contribution in [1.29, 1.82) is 5.26 Å². The number of nitrogens with zero attached hydrogens (tertiary/aromatic N) is 2. The Bertz CT molecular complexity index is 1060. The number of nitrogen functional groups attached to an aromatic ring is 2. The Labute approximate surface area is 159 Å². The van der Waals surface area contributed by atoms with E-state index < -0.39 is 32.5 Å². The van der Waals surface area contributed by atoms with E-state index in [0.717, 1.165) is 18.2 Å². The average molecular weight is 406 g/mol. The van der Waals surface area contributed by atoms with Crippen LogP contribution < -0.4 is 15.7 Å². The van der Waals surface area contributed by atoms with Crippen molar-refractivity contribution in [2.45, 2.75) is 6.61 Å². The van der Waals surface area contributed by atoms with E-state index in [2.05, 4.69) is 0 Å². The lowest BCUT2D eigenvalue weighted by Crippen LogP contribution is -2.22. The molecule has 0 heterocycles. The third-order valence-electron chi connectivity index (χ3n) is 3.24. The van der Waals surface area contributed by atoms with Gasteiger partial charge in [0, 0.05) is 23.5 Å². The quantitative estimate of drug-likeness (QED) is 0.221. The van der Waals surface area contributed by atoms with Gasteiger partial charge in [-0.15, -0.1) is 0 Å². The van der Waals surface area contributed by atoms with E-state index in [-0.39, 0.29) is 17.9 Å². The number of carbonyl (C=O) groups is 1. The predicted molar refractivity (Wildman–Crippen MR) is 97.3 cm³/mol. The molecule has 146 valence electrons. The van der Waals surface area contributed by atoms with E-state index in [1.54, 1.807) is 6.07 Å². The summed E-state index contributed by atoms with van der Waals surface area (Å²) in [6.45, 7) is -0.250. The molecule has 12 heteroatoms. The van der Waals surface area contributed by atoms with E-state index >= 15 is 0 Å². The highest BCUT2D eigenvalue weighted by molar-refractivity contribution is 7.87. The lowest BCUT2D eigenvalue weighted by Gasteiger charge is -2.09. The van der Waals surface area contributed by atoms with E-state index in [4.69, 9.17) is 25.6 Å². The van der Waals surface area contributed by atoms with Gasteiger partial charge in [0.2, 0.25) is 0 Å². The van der Waals surface area contributed by atoms with Crippen LogP contribution in [0.15, 0.2) is 36.4 Å². The predicted octanol–water partition coefficient (Wildman–Crippen LogP) is 1.08. The SMILES string of the molecule is N#Cc1cc(OS(=O)(=O)CC(=O)OCc2cc(N)cc(N)c2)ccc1[N+](=O)[O-]. The van der Waals surface area contributed by atoms with Gasteiger partial charge in [-0.25, -0.2) is 0 Å². The second-order valence-corrected chi connectivity index (χ2v) is 7.07. The van der Waals surface area contributed by atoms with Crippen LogP contribution in [-0.4, -0.2) is 25.1 Å². The van der Waals surface area contributed by atoms with Gasteiger partial charge in [-0.3, -0.25) is 14.9 Å². The van der Waals surface area contributed by atoms with Gasteiger partial charge in [-0.05, 0) is 29.8 Å². The van der Waals surface area contributed by atoms with E-state index in [9.17, 15) is 23.3 Å². The molecular weight excluding hydrogens is 392 g/mol. The zero-order chi connectivity index (χ0) is 20.9. The molecular formula is C16H14N4O7S. The summed E-state index contributed by atoms with van der Waals surface area (Å²) >= 11 is 0. The van der Waals surface area contributed by atoms with Gasteiger partial charge < -0.3 is 20.4 Å². The van der Waals surface area contributed by atoms with Crippen LogP contribution in [-0.2, 0) is 26.3 Å². The minimum atomic E-state index is -4.42. The van der Waals surface area contributed by atoms with E-state index in [0.29, 0.717) is 16.9 Å². The molecule has 28 heavy (non-hydrogen) atoms. The van der Waals surface area contributed by atoms with Crippen LogP contribution in [0.1, 0.15) is 11.1 Å². The van der Waals surface area contributed by atoms with E-state index in [1.807, 2.05) is 0 Å². The van der Waals surface area contributed by atoms with Crippen LogP contribution in [0, 0.1) is 21.4 Å². The molecule has 11 nitrogen and oxygen atoms in total. The van der Waals surface area contributed by atoms with Crippen molar-refractivity contribution in [3.63, 3.8) is 0 Å². The number of hydrogen-bond donors (Lipinski definition) is 2. The van der Waals surface area contributed by atoms with Crippen molar-refractivity contribution >= 4 is 33.1 Å². The monoisotopic (exact) mass is 406 g/mol. The number of rotatable bonds is 7. The summed E-state index contributed by atoms with van der Waals surface area (Å²) in [5.74, 6) is -2.55. The largest absolute Gasteiger partial charge is 0.460 e. The number of ether oxygens (including phenoxy) is 1. The normalized spacial score (nSPS) is 10.7. The summed E-state index contributed by atoms with van der Waals surface area (Å²) in [6.07, 6.45) is 0. The zero-order valence-corrected chi connectivity index (χ0v) is 15.0. The molecule has 0 aromatic heterocycles. The maximum absolute atomic E-state index is 12.0. The first-order valence-electron chi connectivity index (χ1n) is 7.51. The minimum Gasteiger partial charge on any atom is -0.460 e. The highest BCUT2D eigenvalue weighted by Gasteiger charge is 2.22. The highest BCUT2D eigenvalue weighted by Crippen LogP contribution is 2.24. The van der Waals surface area contributed by atoms with E-state index in [1.165, 1.54) is 18.2 Å². The third kappa shape index (κ3) is 5.58. The molecule has 0 aliphatic rings. The molecule has 0 saturated carbocycles. The molecule has 0 aliphatic carbocycles. The van der Waals surface area contributed by atoms with Crippen molar-refractivity contribution in [3.05, 3.63) is 57.6 Å². The molecule has 0 fully saturated rings. The van der Waals surface area contributed by atoms with Crippen LogP contribution in [0.25, 0.3) is 0 Å². The summed E-state index contributed by atoms with van der Waals surface area (Å²) in [7, 11) is -4.42. The number of nitro groups is 1. The standard InChI is InChI=1S/C16H14N4O7S/c17-7-11-5-14(1-2-15(11)20(22)23)27-28(24,25)9-16(21)26-8-10-3-12(18)6-13(19)4-10/h1-6H,8-9,18-19H2. The molecule has 0 bridgehead atoms. The van der Waals surface area contributed by atoms with Crippen molar-refractivity contribution < 1.29 is 27.1 Å². The third-order valence-corrected chi connectivity index (χ3v) is 4.28. The fourth-order valence-corrected chi connectivity index (χ4v) is 3.00. The summed E-state index contributed by atoms with van der Waals surface area (Å²) in [4.78, 5) is 21.8. The Balaban J connectivity index is 2.02. The Hall–Kier alpha value is -3.85. The van der Waals surface area contributed by atoms with Crippen molar-refractivity contribution in [1.82, 2.24) is 0 Å². The molecule has 0 aliphatic heterocycles. The van der Waals surface area contributed by atoms with Crippen LogP contribution in [0.5, 0.6) is 5.75 Å². The molecule has 0 atom stereocenters. The Morgan fingerprint density at radius 1 is 1.18 bits per heavy atom. The lowest BCUT2D eigenvalue weighted by atomic mass is 10.2. The Morgan fingerprint density at radius 3 is 2.39 bits per heavy atom. The van der Waals surface area contributed by atoms with Crippen LogP contribution in [0.4, 0.5) is 17.1 Å². The summed E-state index contributed by atoms with van der Waals surface area (Å²) in [5, 5.41) is 19.7. The number of benzene rings is 2. The number of nitro benzene ring substituents is 1. The molecule has 2 aromatic carbocycles. The topological polar surface area (TPSA) is 189 Å².